The average Bonchev–Trinajstić information content (AvgIpc) is 3.17. The number of hydrogen-bond acceptors (Lipinski definition) is 5. The van der Waals surface area contributed by atoms with Crippen molar-refractivity contribution >= 4 is 17.7 Å². The molecule has 5 rings (SSSR count). The number of carbonyl (C=O) groups is 3. The third-order valence-corrected chi connectivity index (χ3v) is 9.56. The Morgan fingerprint density at radius 1 is 0.952 bits per heavy atom. The molecule has 42 heavy (non-hydrogen) atoms. The van der Waals surface area contributed by atoms with Gasteiger partial charge in [0.1, 0.15) is 11.6 Å². The van der Waals surface area contributed by atoms with Crippen molar-refractivity contribution in [2.45, 2.75) is 96.7 Å². The van der Waals surface area contributed by atoms with Crippen LogP contribution in [0.1, 0.15) is 66.9 Å². The van der Waals surface area contributed by atoms with Crippen LogP contribution in [-0.2, 0) is 25.7 Å². The molecule has 4 aliphatic rings. The van der Waals surface area contributed by atoms with Crippen molar-refractivity contribution in [3.63, 3.8) is 0 Å². The highest BCUT2D eigenvalue weighted by atomic mass is 16.5. The van der Waals surface area contributed by atoms with E-state index in [4.69, 9.17) is 4.74 Å². The standard InChI is InChI=1S/C34H47N3O5/c1-8-24(21-38)37-27-30(41)36(32(5,6)22-31(2,3)4)19-13-17-34(27)26(29(37)40)25-28(39)35(18-12-16-33(25,7)42-34)20-23-14-10-9-11-15-23/h9-17,24-27,38H,8,18-22H2,1-7H3/t24-,25+,26-,27?,33-,34-/m0/s1. The zero-order valence-electron chi connectivity index (χ0n) is 26.2. The molecule has 0 bridgehead atoms. The minimum absolute atomic E-state index is 0.0355. The lowest BCUT2D eigenvalue weighted by Crippen LogP contribution is -2.62. The fraction of sp³-hybridized carbons (Fsp3) is 0.618. The third kappa shape index (κ3) is 4.90. The molecule has 1 unspecified atom stereocenters. The maximum Gasteiger partial charge on any atom is 0.249 e. The van der Waals surface area contributed by atoms with E-state index in [1.807, 2.05) is 73.4 Å². The van der Waals surface area contributed by atoms with Crippen molar-refractivity contribution in [3.05, 3.63) is 60.2 Å². The van der Waals surface area contributed by atoms with Crippen molar-refractivity contribution in [2.75, 3.05) is 19.7 Å². The van der Waals surface area contributed by atoms with E-state index in [-0.39, 0.29) is 29.7 Å². The summed E-state index contributed by atoms with van der Waals surface area (Å²) in [4.78, 5) is 49.0. The van der Waals surface area contributed by atoms with E-state index < -0.39 is 40.7 Å². The first kappa shape index (κ1) is 30.5. The largest absolute Gasteiger partial charge is 0.394 e. The molecule has 3 amide bonds. The number of amides is 3. The Kier molecular flexibility index (Phi) is 7.72. The number of rotatable bonds is 7. The van der Waals surface area contributed by atoms with Gasteiger partial charge >= 0.3 is 0 Å². The van der Waals surface area contributed by atoms with Gasteiger partial charge in [0.25, 0.3) is 0 Å². The second kappa shape index (κ2) is 10.6. The number of carbonyl (C=O) groups excluding carboxylic acids is 3. The fourth-order valence-electron chi connectivity index (χ4n) is 8.20. The normalized spacial score (nSPS) is 32.0. The molecule has 6 atom stereocenters. The molecule has 4 heterocycles. The van der Waals surface area contributed by atoms with Gasteiger partial charge in [-0.3, -0.25) is 14.4 Å². The first-order chi connectivity index (χ1) is 19.7. The van der Waals surface area contributed by atoms with Crippen molar-refractivity contribution < 1.29 is 24.2 Å². The second-order valence-corrected chi connectivity index (χ2v) is 14.5. The summed E-state index contributed by atoms with van der Waals surface area (Å²) in [5.41, 5.74) is -1.95. The number of hydrogen-bond donors (Lipinski definition) is 1. The van der Waals surface area contributed by atoms with Crippen LogP contribution in [-0.4, -0.2) is 86.0 Å². The Balaban J connectivity index is 1.61. The zero-order chi connectivity index (χ0) is 30.7. The maximum atomic E-state index is 14.8. The summed E-state index contributed by atoms with van der Waals surface area (Å²) in [6, 6.07) is 8.25. The minimum Gasteiger partial charge on any atom is -0.394 e. The molecule has 1 spiro atoms. The van der Waals surface area contributed by atoms with Crippen LogP contribution < -0.4 is 0 Å². The van der Waals surface area contributed by atoms with Crippen molar-refractivity contribution in [1.82, 2.24) is 14.7 Å². The van der Waals surface area contributed by atoms with Gasteiger partial charge in [-0.15, -0.1) is 0 Å². The van der Waals surface area contributed by atoms with Gasteiger partial charge in [-0.25, -0.2) is 0 Å². The van der Waals surface area contributed by atoms with Crippen LogP contribution in [0.4, 0.5) is 0 Å². The van der Waals surface area contributed by atoms with E-state index in [1.54, 1.807) is 9.80 Å². The van der Waals surface area contributed by atoms with Crippen molar-refractivity contribution in [2.24, 2.45) is 17.3 Å². The van der Waals surface area contributed by atoms with Gasteiger partial charge in [-0.2, -0.15) is 0 Å². The molecule has 8 nitrogen and oxygen atoms in total. The van der Waals surface area contributed by atoms with Crippen LogP contribution in [0.15, 0.2) is 54.6 Å². The molecule has 1 aromatic rings. The van der Waals surface area contributed by atoms with E-state index >= 15 is 0 Å². The number of aliphatic hydroxyl groups is 1. The second-order valence-electron chi connectivity index (χ2n) is 14.5. The number of nitrogens with zero attached hydrogens (tertiary/aromatic N) is 3. The lowest BCUT2D eigenvalue weighted by Gasteiger charge is -2.45. The van der Waals surface area contributed by atoms with Gasteiger partial charge in [-0.05, 0) is 44.6 Å². The summed E-state index contributed by atoms with van der Waals surface area (Å²) in [6.07, 6.45) is 8.91. The lowest BCUT2D eigenvalue weighted by atomic mass is 9.74. The molecule has 4 aliphatic heterocycles. The summed E-state index contributed by atoms with van der Waals surface area (Å²) in [5, 5.41) is 10.4. The molecule has 0 saturated carbocycles. The van der Waals surface area contributed by atoms with Gasteiger partial charge in [0.05, 0.1) is 30.1 Å². The molecular formula is C34H47N3O5. The van der Waals surface area contributed by atoms with Gasteiger partial charge < -0.3 is 24.5 Å². The van der Waals surface area contributed by atoms with Gasteiger partial charge in [0, 0.05) is 25.2 Å². The van der Waals surface area contributed by atoms with Crippen LogP contribution in [0.2, 0.25) is 0 Å². The van der Waals surface area contributed by atoms with Crippen LogP contribution >= 0.6 is 0 Å². The Bertz CT molecular complexity index is 1280. The first-order valence-corrected chi connectivity index (χ1v) is 15.3. The predicted molar refractivity (Wildman–Crippen MR) is 161 cm³/mol. The molecule has 2 fully saturated rings. The van der Waals surface area contributed by atoms with E-state index in [0.29, 0.717) is 26.1 Å². The lowest BCUT2D eigenvalue weighted by molar-refractivity contribution is -0.159. The van der Waals surface area contributed by atoms with Gasteiger partial charge in [-0.1, -0.05) is 82.3 Å². The molecule has 0 radical (unpaired) electrons. The predicted octanol–water partition coefficient (Wildman–Crippen LogP) is 3.94. The number of likely N-dealkylation sites (tertiary alicyclic amines) is 1. The van der Waals surface area contributed by atoms with E-state index in [0.717, 1.165) is 12.0 Å². The molecule has 228 valence electrons. The molecule has 1 N–H and O–H groups in total. The van der Waals surface area contributed by atoms with E-state index in [2.05, 4.69) is 34.6 Å². The van der Waals surface area contributed by atoms with Crippen LogP contribution in [0.25, 0.3) is 0 Å². The molecular weight excluding hydrogens is 530 g/mol. The van der Waals surface area contributed by atoms with Crippen LogP contribution in [0.5, 0.6) is 0 Å². The molecule has 0 aliphatic carbocycles. The zero-order valence-corrected chi connectivity index (χ0v) is 26.2. The Hall–Kier alpha value is -2.97. The van der Waals surface area contributed by atoms with Crippen molar-refractivity contribution in [3.8, 4) is 0 Å². The molecule has 1 aromatic carbocycles. The van der Waals surface area contributed by atoms with Gasteiger partial charge in [0.15, 0.2) is 0 Å². The highest BCUT2D eigenvalue weighted by Gasteiger charge is 2.75. The average molecular weight is 578 g/mol. The summed E-state index contributed by atoms with van der Waals surface area (Å²) in [7, 11) is 0. The number of ether oxygens (including phenoxy) is 1. The maximum absolute atomic E-state index is 14.8. The number of aliphatic hydroxyl groups excluding tert-OH is 1. The smallest absolute Gasteiger partial charge is 0.249 e. The molecule has 0 aromatic heterocycles. The van der Waals surface area contributed by atoms with Crippen molar-refractivity contribution in [1.29, 1.82) is 0 Å². The number of benzene rings is 1. The Morgan fingerprint density at radius 3 is 2.24 bits per heavy atom. The molecule has 2 saturated heterocycles. The topological polar surface area (TPSA) is 90.4 Å². The summed E-state index contributed by atoms with van der Waals surface area (Å²) < 4.78 is 6.96. The first-order valence-electron chi connectivity index (χ1n) is 15.3. The van der Waals surface area contributed by atoms with Gasteiger partial charge in [0.2, 0.25) is 17.7 Å². The highest BCUT2D eigenvalue weighted by Crippen LogP contribution is 2.58. The quantitative estimate of drug-likeness (QED) is 0.496. The summed E-state index contributed by atoms with van der Waals surface area (Å²) in [6.45, 7) is 15.3. The summed E-state index contributed by atoms with van der Waals surface area (Å²) >= 11 is 0. The van der Waals surface area contributed by atoms with E-state index in [1.165, 1.54) is 0 Å². The van der Waals surface area contributed by atoms with Crippen LogP contribution in [0.3, 0.4) is 0 Å². The Morgan fingerprint density at radius 2 is 1.62 bits per heavy atom. The fourth-order valence-corrected chi connectivity index (χ4v) is 8.20. The third-order valence-electron chi connectivity index (χ3n) is 9.56. The van der Waals surface area contributed by atoms with E-state index in [9.17, 15) is 19.5 Å². The Labute approximate surface area is 250 Å². The highest BCUT2D eigenvalue weighted by molar-refractivity contribution is 6.00. The number of fused-ring (bicyclic) bond motifs is 2. The molecule has 8 heteroatoms. The summed E-state index contributed by atoms with van der Waals surface area (Å²) in [5.74, 6) is -2.37. The van der Waals surface area contributed by atoms with Crippen LogP contribution in [0, 0.1) is 17.3 Å². The monoisotopic (exact) mass is 577 g/mol. The SMILES string of the molecule is CC[C@@H](CO)N1C(=O)[C@@H]2[C@@H]3C(=O)N(Cc4ccccc4)CC=C[C@]3(C)O[C@@]23C=CCN(C(C)(C)CC(C)(C)C)C(=O)C13. The minimum atomic E-state index is -1.33.